The second-order valence-electron chi connectivity index (χ2n) is 4.58. The zero-order valence-electron chi connectivity index (χ0n) is 11.3. The SMILES string of the molecule is CCCNC(COCC(F)(F)F)Cc1ccccc1Cl. The van der Waals surface area contributed by atoms with Gasteiger partial charge in [0, 0.05) is 11.1 Å². The van der Waals surface area contributed by atoms with Crippen molar-refractivity contribution in [1.82, 2.24) is 5.32 Å². The van der Waals surface area contributed by atoms with Crippen molar-refractivity contribution in [3.05, 3.63) is 34.9 Å². The number of benzene rings is 1. The van der Waals surface area contributed by atoms with Crippen molar-refractivity contribution in [1.29, 1.82) is 0 Å². The lowest BCUT2D eigenvalue weighted by Crippen LogP contribution is -2.37. The van der Waals surface area contributed by atoms with Gasteiger partial charge in [0.05, 0.1) is 6.61 Å². The van der Waals surface area contributed by atoms with Gasteiger partial charge in [-0.3, -0.25) is 0 Å². The minimum absolute atomic E-state index is 0.00470. The molecule has 0 fully saturated rings. The first-order valence-electron chi connectivity index (χ1n) is 6.53. The van der Waals surface area contributed by atoms with E-state index in [1.165, 1.54) is 0 Å². The van der Waals surface area contributed by atoms with Crippen molar-refractivity contribution >= 4 is 11.6 Å². The number of rotatable bonds is 8. The molecule has 1 aromatic rings. The quantitative estimate of drug-likeness (QED) is 0.788. The third kappa shape index (κ3) is 7.12. The molecule has 2 nitrogen and oxygen atoms in total. The summed E-state index contributed by atoms with van der Waals surface area (Å²) >= 11 is 6.06. The number of alkyl halides is 3. The smallest absolute Gasteiger partial charge is 0.370 e. The summed E-state index contributed by atoms with van der Waals surface area (Å²) in [6.45, 7) is 1.51. The fourth-order valence-electron chi connectivity index (χ4n) is 1.78. The molecule has 0 saturated carbocycles. The number of ether oxygens (including phenoxy) is 1. The Kier molecular flexibility index (Phi) is 7.34. The Labute approximate surface area is 122 Å². The van der Waals surface area contributed by atoms with Crippen molar-refractivity contribution < 1.29 is 17.9 Å². The van der Waals surface area contributed by atoms with E-state index in [0.29, 0.717) is 11.4 Å². The number of hydrogen-bond donors (Lipinski definition) is 1. The highest BCUT2D eigenvalue weighted by Gasteiger charge is 2.28. The van der Waals surface area contributed by atoms with Gasteiger partial charge in [-0.05, 0) is 31.0 Å². The lowest BCUT2D eigenvalue weighted by Gasteiger charge is -2.20. The zero-order valence-corrected chi connectivity index (χ0v) is 12.1. The number of halogens is 4. The summed E-state index contributed by atoms with van der Waals surface area (Å²) in [5.41, 5.74) is 0.901. The van der Waals surface area contributed by atoms with Crippen molar-refractivity contribution in [2.75, 3.05) is 19.8 Å². The van der Waals surface area contributed by atoms with Gasteiger partial charge in [-0.15, -0.1) is 0 Å². The molecule has 1 unspecified atom stereocenters. The lowest BCUT2D eigenvalue weighted by molar-refractivity contribution is -0.175. The molecule has 20 heavy (non-hydrogen) atoms. The second-order valence-corrected chi connectivity index (χ2v) is 4.98. The predicted molar refractivity (Wildman–Crippen MR) is 74.1 cm³/mol. The zero-order chi connectivity index (χ0) is 15.0. The summed E-state index contributed by atoms with van der Waals surface area (Å²) in [4.78, 5) is 0. The predicted octanol–water partition coefficient (Wildman–Crippen LogP) is 3.83. The first-order valence-corrected chi connectivity index (χ1v) is 6.91. The van der Waals surface area contributed by atoms with Gasteiger partial charge in [0.15, 0.2) is 0 Å². The summed E-state index contributed by atoms with van der Waals surface area (Å²) in [5, 5.41) is 3.80. The molecule has 0 radical (unpaired) electrons. The third-order valence-electron chi connectivity index (χ3n) is 2.69. The molecule has 0 heterocycles. The Bertz CT molecular complexity index is 398. The average Bonchev–Trinajstić information content (AvgIpc) is 2.36. The summed E-state index contributed by atoms with van der Waals surface area (Å²) in [6, 6.07) is 7.13. The molecule has 0 aromatic heterocycles. The summed E-state index contributed by atoms with van der Waals surface area (Å²) in [5.74, 6) is 0. The van der Waals surface area contributed by atoms with Crippen molar-refractivity contribution in [2.24, 2.45) is 0 Å². The fourth-order valence-corrected chi connectivity index (χ4v) is 2.00. The molecule has 114 valence electrons. The molecule has 0 aliphatic rings. The van der Waals surface area contributed by atoms with E-state index in [0.717, 1.165) is 18.5 Å². The van der Waals surface area contributed by atoms with Crippen molar-refractivity contribution in [3.8, 4) is 0 Å². The Morgan fingerprint density at radius 2 is 2.00 bits per heavy atom. The van der Waals surface area contributed by atoms with E-state index in [1.54, 1.807) is 6.07 Å². The summed E-state index contributed by atoms with van der Waals surface area (Å²) < 4.78 is 41.0. The van der Waals surface area contributed by atoms with E-state index in [2.05, 4.69) is 5.32 Å². The van der Waals surface area contributed by atoms with Crippen LogP contribution in [0.3, 0.4) is 0 Å². The maximum atomic E-state index is 12.1. The average molecular weight is 310 g/mol. The standard InChI is InChI=1S/C14H19ClF3NO/c1-2-7-19-12(9-20-10-14(16,17)18)8-11-5-3-4-6-13(11)15/h3-6,12,19H,2,7-10H2,1H3. The van der Waals surface area contributed by atoms with Crippen LogP contribution in [0.2, 0.25) is 5.02 Å². The van der Waals surface area contributed by atoms with Gasteiger partial charge in [0.2, 0.25) is 0 Å². The minimum atomic E-state index is -4.29. The van der Waals surface area contributed by atoms with Crippen LogP contribution >= 0.6 is 11.6 Å². The Morgan fingerprint density at radius 3 is 2.60 bits per heavy atom. The minimum Gasteiger partial charge on any atom is -0.370 e. The maximum absolute atomic E-state index is 12.1. The van der Waals surface area contributed by atoms with E-state index in [4.69, 9.17) is 16.3 Å². The van der Waals surface area contributed by atoms with Crippen LogP contribution < -0.4 is 5.32 Å². The van der Waals surface area contributed by atoms with E-state index in [1.807, 2.05) is 25.1 Å². The highest BCUT2D eigenvalue weighted by Crippen LogP contribution is 2.18. The van der Waals surface area contributed by atoms with Crippen LogP contribution in [0, 0.1) is 0 Å². The topological polar surface area (TPSA) is 21.3 Å². The first-order chi connectivity index (χ1) is 9.42. The molecule has 1 N–H and O–H groups in total. The van der Waals surface area contributed by atoms with Crippen LogP contribution in [0.15, 0.2) is 24.3 Å². The number of nitrogens with one attached hydrogen (secondary N) is 1. The molecular formula is C14H19ClF3NO. The highest BCUT2D eigenvalue weighted by atomic mass is 35.5. The Hall–Kier alpha value is -0.780. The van der Waals surface area contributed by atoms with Crippen molar-refractivity contribution in [2.45, 2.75) is 32.0 Å². The van der Waals surface area contributed by atoms with Crippen LogP contribution in [0.1, 0.15) is 18.9 Å². The van der Waals surface area contributed by atoms with Crippen LogP contribution in [0.5, 0.6) is 0 Å². The first kappa shape index (κ1) is 17.3. The van der Waals surface area contributed by atoms with Crippen LogP contribution in [-0.4, -0.2) is 32.0 Å². The maximum Gasteiger partial charge on any atom is 0.411 e. The molecule has 1 aromatic carbocycles. The summed E-state index contributed by atoms with van der Waals surface area (Å²) in [7, 11) is 0. The van der Waals surface area contributed by atoms with Gasteiger partial charge >= 0.3 is 6.18 Å². The highest BCUT2D eigenvalue weighted by molar-refractivity contribution is 6.31. The Morgan fingerprint density at radius 1 is 1.30 bits per heavy atom. The van der Waals surface area contributed by atoms with Gasteiger partial charge in [0.1, 0.15) is 6.61 Å². The molecule has 1 rings (SSSR count). The molecule has 0 amide bonds. The molecule has 6 heteroatoms. The van der Waals surface area contributed by atoms with E-state index < -0.39 is 12.8 Å². The monoisotopic (exact) mass is 309 g/mol. The van der Waals surface area contributed by atoms with Crippen LogP contribution in [-0.2, 0) is 11.2 Å². The van der Waals surface area contributed by atoms with Gasteiger partial charge in [-0.1, -0.05) is 36.7 Å². The Balaban J connectivity index is 2.53. The van der Waals surface area contributed by atoms with Crippen LogP contribution in [0.4, 0.5) is 13.2 Å². The van der Waals surface area contributed by atoms with Crippen LogP contribution in [0.25, 0.3) is 0 Å². The fraction of sp³-hybridized carbons (Fsp3) is 0.571. The molecule has 1 atom stereocenters. The van der Waals surface area contributed by atoms with Gasteiger partial charge in [0.25, 0.3) is 0 Å². The molecule has 0 bridgehead atoms. The normalized spacial score (nSPS) is 13.4. The van der Waals surface area contributed by atoms with E-state index >= 15 is 0 Å². The molecular weight excluding hydrogens is 291 g/mol. The largest absolute Gasteiger partial charge is 0.411 e. The van der Waals surface area contributed by atoms with Gasteiger partial charge in [-0.25, -0.2) is 0 Å². The van der Waals surface area contributed by atoms with Gasteiger partial charge in [-0.2, -0.15) is 13.2 Å². The molecule has 0 aliphatic carbocycles. The van der Waals surface area contributed by atoms with Crippen molar-refractivity contribution in [3.63, 3.8) is 0 Å². The molecule has 0 saturated heterocycles. The second kappa shape index (κ2) is 8.49. The lowest BCUT2D eigenvalue weighted by atomic mass is 10.1. The van der Waals surface area contributed by atoms with E-state index in [-0.39, 0.29) is 12.6 Å². The third-order valence-corrected chi connectivity index (χ3v) is 3.06. The molecule has 0 aliphatic heterocycles. The molecule has 0 spiro atoms. The van der Waals surface area contributed by atoms with Gasteiger partial charge < -0.3 is 10.1 Å². The summed E-state index contributed by atoms with van der Waals surface area (Å²) in [6.07, 6.45) is -2.85. The van der Waals surface area contributed by atoms with E-state index in [9.17, 15) is 13.2 Å². The number of hydrogen-bond acceptors (Lipinski definition) is 2.